The van der Waals surface area contributed by atoms with Gasteiger partial charge in [0, 0.05) is 24.3 Å². The molecule has 1 aromatic heterocycles. The molecule has 0 saturated heterocycles. The van der Waals surface area contributed by atoms with Crippen molar-refractivity contribution in [3.63, 3.8) is 0 Å². The van der Waals surface area contributed by atoms with Crippen molar-refractivity contribution in [2.45, 2.75) is 124 Å². The molecule has 1 aliphatic rings. The van der Waals surface area contributed by atoms with Gasteiger partial charge in [0.25, 0.3) is 5.88 Å². The molecule has 2 heterocycles. The van der Waals surface area contributed by atoms with Crippen LogP contribution in [0.1, 0.15) is 123 Å². The van der Waals surface area contributed by atoms with E-state index in [0.29, 0.717) is 23.4 Å². The van der Waals surface area contributed by atoms with Crippen molar-refractivity contribution in [2.75, 3.05) is 26.7 Å². The number of rotatable bonds is 19. The Morgan fingerprint density at radius 2 is 1.61 bits per heavy atom. The van der Waals surface area contributed by atoms with E-state index < -0.39 is 0 Å². The van der Waals surface area contributed by atoms with Crippen LogP contribution in [-0.4, -0.2) is 52.2 Å². The van der Waals surface area contributed by atoms with Crippen molar-refractivity contribution in [3.05, 3.63) is 11.8 Å². The molecule has 206 valence electrons. The largest absolute Gasteiger partial charge is 0.475 e. The zero-order valence-electron chi connectivity index (χ0n) is 23.7. The van der Waals surface area contributed by atoms with Crippen LogP contribution in [0.4, 0.5) is 0 Å². The molecule has 0 amide bonds. The summed E-state index contributed by atoms with van der Waals surface area (Å²) in [5.74, 6) is 0.838. The Hall–Kier alpha value is -1.47. The van der Waals surface area contributed by atoms with Crippen molar-refractivity contribution >= 4 is 23.3 Å². The quantitative estimate of drug-likeness (QED) is 0.105. The SMILES string of the molecule is CCCCCCCCCCC(=O)OC(C(C)C)[N+]1(C)CCC=C(c2nsnc2OCCCCCC)C1. The summed E-state index contributed by atoms with van der Waals surface area (Å²) in [7, 11) is 2.21. The van der Waals surface area contributed by atoms with Gasteiger partial charge in [-0.25, -0.2) is 0 Å². The normalized spacial score (nSPS) is 18.8. The van der Waals surface area contributed by atoms with Gasteiger partial charge in [-0.2, -0.15) is 4.37 Å². The maximum Gasteiger partial charge on any atom is 0.310 e. The molecular weight excluding hydrogens is 470 g/mol. The van der Waals surface area contributed by atoms with Gasteiger partial charge in [-0.1, -0.05) is 98.0 Å². The Labute approximate surface area is 224 Å². The van der Waals surface area contributed by atoms with Crippen LogP contribution in [0.2, 0.25) is 0 Å². The molecule has 0 fully saturated rings. The molecule has 0 radical (unpaired) electrons. The first-order valence-electron chi connectivity index (χ1n) is 14.6. The number of esters is 1. The van der Waals surface area contributed by atoms with Gasteiger partial charge in [0.05, 0.1) is 31.9 Å². The number of carbonyl (C=O) groups excluding carboxylic acids is 1. The fourth-order valence-electron chi connectivity index (χ4n) is 5.20. The van der Waals surface area contributed by atoms with Crippen molar-refractivity contribution in [1.29, 1.82) is 0 Å². The number of quaternary nitrogens is 1. The summed E-state index contributed by atoms with van der Waals surface area (Å²) in [6.45, 7) is 11.2. The van der Waals surface area contributed by atoms with Crippen LogP contribution in [0.5, 0.6) is 5.88 Å². The van der Waals surface area contributed by atoms with Crippen LogP contribution in [0.15, 0.2) is 6.08 Å². The second kappa shape index (κ2) is 17.1. The maximum atomic E-state index is 12.8. The Kier molecular flexibility index (Phi) is 14.6. The van der Waals surface area contributed by atoms with Gasteiger partial charge in [0.2, 0.25) is 6.23 Å². The number of hydrogen-bond acceptors (Lipinski definition) is 6. The minimum atomic E-state index is -0.166. The van der Waals surface area contributed by atoms with E-state index in [1.165, 1.54) is 69.5 Å². The highest BCUT2D eigenvalue weighted by atomic mass is 32.1. The smallest absolute Gasteiger partial charge is 0.310 e. The molecular formula is C29H52N3O3S+. The summed E-state index contributed by atoms with van der Waals surface area (Å²) >= 11 is 1.21. The van der Waals surface area contributed by atoms with E-state index in [2.05, 4.69) is 49.6 Å². The molecule has 36 heavy (non-hydrogen) atoms. The molecule has 7 heteroatoms. The Morgan fingerprint density at radius 1 is 0.972 bits per heavy atom. The van der Waals surface area contributed by atoms with E-state index >= 15 is 0 Å². The lowest BCUT2D eigenvalue weighted by Gasteiger charge is -2.44. The molecule has 2 rings (SSSR count). The van der Waals surface area contributed by atoms with Gasteiger partial charge in [-0.15, -0.1) is 4.37 Å². The number of hydrogen-bond donors (Lipinski definition) is 0. The third-order valence-electron chi connectivity index (χ3n) is 7.23. The Bertz CT molecular complexity index is 780. The van der Waals surface area contributed by atoms with Crippen molar-refractivity contribution in [1.82, 2.24) is 8.75 Å². The van der Waals surface area contributed by atoms with Crippen molar-refractivity contribution in [2.24, 2.45) is 5.92 Å². The van der Waals surface area contributed by atoms with Crippen LogP contribution in [0.25, 0.3) is 5.57 Å². The van der Waals surface area contributed by atoms with Crippen LogP contribution in [0.3, 0.4) is 0 Å². The third-order valence-corrected chi connectivity index (χ3v) is 7.74. The second-order valence-corrected chi connectivity index (χ2v) is 11.6. The summed E-state index contributed by atoms with van der Waals surface area (Å²) in [5.41, 5.74) is 2.03. The number of aromatic nitrogens is 2. The number of ether oxygens (including phenoxy) is 2. The first-order chi connectivity index (χ1) is 17.4. The van der Waals surface area contributed by atoms with Gasteiger partial charge in [-0.05, 0) is 12.8 Å². The molecule has 0 aromatic carbocycles. The summed E-state index contributed by atoms with van der Waals surface area (Å²) in [5, 5.41) is 0. The minimum absolute atomic E-state index is 0.0541. The lowest BCUT2D eigenvalue weighted by Crippen LogP contribution is -2.58. The highest BCUT2D eigenvalue weighted by molar-refractivity contribution is 6.99. The number of unbranched alkanes of at least 4 members (excludes halogenated alkanes) is 10. The van der Waals surface area contributed by atoms with Crippen molar-refractivity contribution in [3.8, 4) is 5.88 Å². The molecule has 2 unspecified atom stereocenters. The average Bonchev–Trinajstić information content (AvgIpc) is 3.32. The van der Waals surface area contributed by atoms with E-state index in [1.807, 2.05) is 0 Å². The lowest BCUT2D eigenvalue weighted by atomic mass is 10.0. The highest BCUT2D eigenvalue weighted by Gasteiger charge is 2.41. The van der Waals surface area contributed by atoms with Crippen LogP contribution < -0.4 is 4.74 Å². The van der Waals surface area contributed by atoms with E-state index in [0.717, 1.165) is 50.0 Å². The van der Waals surface area contributed by atoms with Crippen LogP contribution in [-0.2, 0) is 9.53 Å². The Balaban J connectivity index is 1.88. The summed E-state index contributed by atoms with van der Waals surface area (Å²) in [6.07, 6.45) is 18.0. The monoisotopic (exact) mass is 522 g/mol. The molecule has 0 bridgehead atoms. The number of likely N-dealkylation sites (N-methyl/N-ethyl adjacent to an activating group) is 1. The minimum Gasteiger partial charge on any atom is -0.475 e. The fourth-order valence-corrected chi connectivity index (χ4v) is 5.74. The molecule has 0 saturated carbocycles. The van der Waals surface area contributed by atoms with Gasteiger partial charge in [0.1, 0.15) is 12.2 Å². The predicted molar refractivity (Wildman–Crippen MR) is 150 cm³/mol. The van der Waals surface area contributed by atoms with Gasteiger partial charge >= 0.3 is 5.97 Å². The first-order valence-corrected chi connectivity index (χ1v) is 15.3. The fraction of sp³-hybridized carbons (Fsp3) is 0.828. The molecule has 1 aliphatic heterocycles. The topological polar surface area (TPSA) is 61.3 Å². The van der Waals surface area contributed by atoms with E-state index in [-0.39, 0.29) is 18.1 Å². The molecule has 6 nitrogen and oxygen atoms in total. The first kappa shape index (κ1) is 30.8. The van der Waals surface area contributed by atoms with Crippen molar-refractivity contribution < 1.29 is 18.8 Å². The summed E-state index contributed by atoms with van der Waals surface area (Å²) in [6, 6.07) is 0. The molecule has 1 aromatic rings. The molecule has 0 N–H and O–H groups in total. The zero-order valence-corrected chi connectivity index (χ0v) is 24.5. The predicted octanol–water partition coefficient (Wildman–Crippen LogP) is 7.79. The van der Waals surface area contributed by atoms with E-state index in [9.17, 15) is 4.79 Å². The second-order valence-electron chi connectivity index (χ2n) is 11.1. The average molecular weight is 523 g/mol. The Morgan fingerprint density at radius 3 is 2.28 bits per heavy atom. The molecule has 2 atom stereocenters. The highest BCUT2D eigenvalue weighted by Crippen LogP contribution is 2.33. The molecule has 0 spiro atoms. The maximum absolute atomic E-state index is 12.8. The van der Waals surface area contributed by atoms with E-state index in [4.69, 9.17) is 9.47 Å². The van der Waals surface area contributed by atoms with E-state index in [1.54, 1.807) is 0 Å². The number of carbonyl (C=O) groups is 1. The zero-order chi connectivity index (χ0) is 26.2. The third kappa shape index (κ3) is 10.5. The summed E-state index contributed by atoms with van der Waals surface area (Å²) < 4.78 is 21.9. The van der Waals surface area contributed by atoms with Gasteiger partial charge in [-0.3, -0.25) is 9.28 Å². The van der Waals surface area contributed by atoms with Gasteiger partial charge in [0.15, 0.2) is 0 Å². The van der Waals surface area contributed by atoms with Crippen LogP contribution in [0, 0.1) is 5.92 Å². The molecule has 0 aliphatic carbocycles. The number of nitrogens with zero attached hydrogens (tertiary/aromatic N) is 3. The standard InChI is InChI=1S/C29H52N3O3S/c1-6-8-10-12-13-14-15-16-20-26(33)35-29(24(3)4)32(5)21-18-19-25(23-32)27-28(31-36-30-27)34-22-17-11-9-7-2/h19,24,29H,6-18,20-23H2,1-5H3/q+1. The van der Waals surface area contributed by atoms with Gasteiger partial charge < -0.3 is 9.47 Å². The van der Waals surface area contributed by atoms with Crippen LogP contribution >= 0.6 is 11.7 Å². The summed E-state index contributed by atoms with van der Waals surface area (Å²) in [4.78, 5) is 12.8. The lowest BCUT2D eigenvalue weighted by molar-refractivity contribution is -0.950.